The zero-order valence-electron chi connectivity index (χ0n) is 13.6. The molecule has 4 aromatic rings. The van der Waals surface area contributed by atoms with E-state index in [1.807, 2.05) is 0 Å². The number of benzene rings is 2. The third-order valence-corrected chi connectivity index (χ3v) is 4.63. The van der Waals surface area contributed by atoms with Crippen LogP contribution >= 0.6 is 34.8 Å². The fraction of sp³-hybridized carbons (Fsp3) is 0.0526. The predicted octanol–water partition coefficient (Wildman–Crippen LogP) is 6.52. The van der Waals surface area contributed by atoms with E-state index in [4.69, 9.17) is 39.2 Å². The highest BCUT2D eigenvalue weighted by molar-refractivity contribution is 6.31. The van der Waals surface area contributed by atoms with Gasteiger partial charge in [0.25, 0.3) is 6.01 Å². The lowest BCUT2D eigenvalue weighted by molar-refractivity contribution is 0.577. The zero-order valence-corrected chi connectivity index (χ0v) is 15.9. The van der Waals surface area contributed by atoms with Gasteiger partial charge in [-0.05, 0) is 35.9 Å². The maximum atomic E-state index is 14.5. The number of pyridine rings is 1. The van der Waals surface area contributed by atoms with Gasteiger partial charge in [0.15, 0.2) is 5.58 Å². The molecule has 1 atom stereocenters. The molecule has 0 aliphatic heterocycles. The van der Waals surface area contributed by atoms with Crippen molar-refractivity contribution in [1.29, 1.82) is 0 Å². The highest BCUT2D eigenvalue weighted by Gasteiger charge is 2.22. The van der Waals surface area contributed by atoms with Crippen LogP contribution in [0.2, 0.25) is 15.1 Å². The number of hydrogen-bond donors (Lipinski definition) is 1. The number of rotatable bonds is 4. The van der Waals surface area contributed by atoms with Gasteiger partial charge in [-0.1, -0.05) is 46.9 Å². The quantitative estimate of drug-likeness (QED) is 0.406. The van der Waals surface area contributed by atoms with E-state index in [0.29, 0.717) is 21.1 Å². The monoisotopic (exact) mass is 421 g/mol. The molecule has 0 fully saturated rings. The molecule has 0 spiro atoms. The Balaban J connectivity index is 1.77. The number of oxazole rings is 1. The lowest BCUT2D eigenvalue weighted by atomic mass is 10.0. The largest absolute Gasteiger partial charge is 0.423 e. The molecule has 1 N–H and O–H groups in total. The number of fused-ring (bicyclic) bond motifs is 1. The van der Waals surface area contributed by atoms with Crippen LogP contribution < -0.4 is 5.32 Å². The standard InChI is InChI=1S/C19H11Cl3FN3O/c20-11-3-1-10(2-4-11)17(18-14(23)7-13(22)9-24-18)26-19-25-15-6-5-12(21)8-16(15)27-19/h1-9,17H,(H,25,26). The Morgan fingerprint density at radius 3 is 2.41 bits per heavy atom. The van der Waals surface area contributed by atoms with Crippen molar-refractivity contribution in [1.82, 2.24) is 9.97 Å². The van der Waals surface area contributed by atoms with Crippen LogP contribution in [0.25, 0.3) is 11.1 Å². The molecule has 8 heteroatoms. The second-order valence-electron chi connectivity index (χ2n) is 5.78. The van der Waals surface area contributed by atoms with Crippen molar-refractivity contribution in [3.63, 3.8) is 0 Å². The van der Waals surface area contributed by atoms with Gasteiger partial charge in [-0.15, -0.1) is 0 Å². The Kier molecular flexibility index (Phi) is 4.91. The molecule has 0 radical (unpaired) electrons. The third-order valence-electron chi connectivity index (χ3n) is 3.93. The van der Waals surface area contributed by atoms with Crippen LogP contribution in [0.4, 0.5) is 10.4 Å². The average Bonchev–Trinajstić information content (AvgIpc) is 3.02. The van der Waals surface area contributed by atoms with E-state index in [0.717, 1.165) is 5.56 Å². The molecule has 27 heavy (non-hydrogen) atoms. The maximum Gasteiger partial charge on any atom is 0.296 e. The molecule has 136 valence electrons. The van der Waals surface area contributed by atoms with Gasteiger partial charge in [0.05, 0.1) is 5.02 Å². The minimum atomic E-state index is -0.664. The van der Waals surface area contributed by atoms with E-state index in [2.05, 4.69) is 15.3 Å². The smallest absolute Gasteiger partial charge is 0.296 e. The molecule has 2 aromatic heterocycles. The van der Waals surface area contributed by atoms with Gasteiger partial charge in [-0.25, -0.2) is 4.39 Å². The predicted molar refractivity (Wildman–Crippen MR) is 105 cm³/mol. The lowest BCUT2D eigenvalue weighted by Crippen LogP contribution is -2.16. The van der Waals surface area contributed by atoms with Crippen molar-refractivity contribution in [2.75, 3.05) is 5.32 Å². The summed E-state index contributed by atoms with van der Waals surface area (Å²) in [7, 11) is 0. The Labute approximate surface area is 168 Å². The van der Waals surface area contributed by atoms with Gasteiger partial charge in [0.1, 0.15) is 23.1 Å². The van der Waals surface area contributed by atoms with E-state index in [-0.39, 0.29) is 16.7 Å². The Morgan fingerprint density at radius 1 is 0.926 bits per heavy atom. The Bertz CT molecular complexity index is 1120. The third kappa shape index (κ3) is 3.86. The van der Waals surface area contributed by atoms with Crippen LogP contribution in [0.15, 0.2) is 59.1 Å². The molecule has 4 rings (SSSR count). The highest BCUT2D eigenvalue weighted by Crippen LogP contribution is 2.30. The fourth-order valence-corrected chi connectivity index (χ4v) is 3.12. The van der Waals surface area contributed by atoms with Crippen LogP contribution in [-0.2, 0) is 0 Å². The zero-order chi connectivity index (χ0) is 19.0. The summed E-state index contributed by atoms with van der Waals surface area (Å²) in [5.41, 5.74) is 2.03. The van der Waals surface area contributed by atoms with Gasteiger partial charge in [-0.2, -0.15) is 4.98 Å². The summed E-state index contributed by atoms with van der Waals surface area (Å²) < 4.78 is 20.2. The van der Waals surface area contributed by atoms with Gasteiger partial charge in [0, 0.05) is 22.3 Å². The normalized spacial score (nSPS) is 12.3. The first-order valence-corrected chi connectivity index (χ1v) is 9.02. The van der Waals surface area contributed by atoms with Crippen LogP contribution in [0.1, 0.15) is 17.3 Å². The Morgan fingerprint density at radius 2 is 1.67 bits per heavy atom. The summed E-state index contributed by atoms with van der Waals surface area (Å²) >= 11 is 17.8. The van der Waals surface area contributed by atoms with Crippen molar-refractivity contribution in [2.24, 2.45) is 0 Å². The first-order valence-electron chi connectivity index (χ1n) is 7.88. The average molecular weight is 423 g/mol. The second kappa shape index (κ2) is 7.35. The molecular formula is C19H11Cl3FN3O. The van der Waals surface area contributed by atoms with Gasteiger partial charge in [-0.3, -0.25) is 4.98 Å². The van der Waals surface area contributed by atoms with Crippen LogP contribution in [-0.4, -0.2) is 9.97 Å². The molecule has 0 aliphatic carbocycles. The van der Waals surface area contributed by atoms with Crippen LogP contribution in [0.5, 0.6) is 0 Å². The number of halogens is 4. The van der Waals surface area contributed by atoms with Crippen molar-refractivity contribution < 1.29 is 8.81 Å². The number of anilines is 1. The summed E-state index contributed by atoms with van der Waals surface area (Å²) in [6.45, 7) is 0. The first-order chi connectivity index (χ1) is 13.0. The SMILES string of the molecule is Fc1cc(Cl)cnc1C(Nc1nc2ccc(Cl)cc2o1)c1ccc(Cl)cc1. The number of nitrogens with one attached hydrogen (secondary N) is 1. The molecule has 0 aliphatic rings. The van der Waals surface area contributed by atoms with Crippen molar-refractivity contribution >= 4 is 51.9 Å². The van der Waals surface area contributed by atoms with E-state index >= 15 is 0 Å². The number of aromatic nitrogens is 2. The fourth-order valence-electron chi connectivity index (χ4n) is 2.69. The van der Waals surface area contributed by atoms with Crippen LogP contribution in [0.3, 0.4) is 0 Å². The van der Waals surface area contributed by atoms with Crippen molar-refractivity contribution in [3.05, 3.63) is 86.9 Å². The summed E-state index contributed by atoms with van der Waals surface area (Å²) in [4.78, 5) is 8.52. The van der Waals surface area contributed by atoms with E-state index in [9.17, 15) is 4.39 Å². The minimum absolute atomic E-state index is 0.155. The topological polar surface area (TPSA) is 51.0 Å². The van der Waals surface area contributed by atoms with Crippen molar-refractivity contribution in [2.45, 2.75) is 6.04 Å². The molecule has 2 heterocycles. The maximum absolute atomic E-state index is 14.5. The van der Waals surface area contributed by atoms with E-state index < -0.39 is 11.9 Å². The Hall–Kier alpha value is -2.34. The second-order valence-corrected chi connectivity index (χ2v) is 7.09. The minimum Gasteiger partial charge on any atom is -0.423 e. The summed E-state index contributed by atoms with van der Waals surface area (Å²) in [5.74, 6) is -0.547. The van der Waals surface area contributed by atoms with Gasteiger partial charge >= 0.3 is 0 Å². The number of hydrogen-bond acceptors (Lipinski definition) is 4. The molecule has 0 saturated carbocycles. The van der Waals surface area contributed by atoms with Gasteiger partial charge in [0.2, 0.25) is 0 Å². The van der Waals surface area contributed by atoms with Crippen LogP contribution in [0, 0.1) is 5.82 Å². The summed E-state index contributed by atoms with van der Waals surface area (Å²) in [6, 6.07) is 12.8. The van der Waals surface area contributed by atoms with Gasteiger partial charge < -0.3 is 9.73 Å². The molecule has 2 aromatic carbocycles. The molecule has 0 saturated heterocycles. The number of nitrogens with zero attached hydrogens (tertiary/aromatic N) is 2. The molecule has 4 nitrogen and oxygen atoms in total. The molecule has 1 unspecified atom stereocenters. The van der Waals surface area contributed by atoms with E-state index in [1.165, 1.54) is 12.3 Å². The summed E-state index contributed by atoms with van der Waals surface area (Å²) in [5, 5.41) is 4.40. The van der Waals surface area contributed by atoms with Crippen molar-refractivity contribution in [3.8, 4) is 0 Å². The highest BCUT2D eigenvalue weighted by atomic mass is 35.5. The van der Waals surface area contributed by atoms with E-state index in [1.54, 1.807) is 42.5 Å². The lowest BCUT2D eigenvalue weighted by Gasteiger charge is -2.18. The molecular weight excluding hydrogens is 412 g/mol. The molecule has 0 amide bonds. The molecule has 0 bridgehead atoms. The summed E-state index contributed by atoms with van der Waals surface area (Å²) in [6.07, 6.45) is 1.39. The first kappa shape index (κ1) is 18.0.